The molecular weight excluding hydrogens is 228 g/mol. The molecular formula is C15H22O3. The molecule has 0 amide bonds. The van der Waals surface area contributed by atoms with E-state index in [1.807, 2.05) is 6.92 Å². The van der Waals surface area contributed by atoms with E-state index in [9.17, 15) is 9.90 Å². The molecule has 0 spiro atoms. The Kier molecular flexibility index (Phi) is 2.60. The second-order valence-electron chi connectivity index (χ2n) is 6.70. The van der Waals surface area contributed by atoms with Gasteiger partial charge in [-0.3, -0.25) is 4.79 Å². The molecule has 3 fully saturated rings. The van der Waals surface area contributed by atoms with Gasteiger partial charge in [0.1, 0.15) is 6.10 Å². The lowest BCUT2D eigenvalue weighted by atomic mass is 9.55. The molecule has 3 nitrogen and oxygen atoms in total. The minimum absolute atomic E-state index is 0.00594. The summed E-state index contributed by atoms with van der Waals surface area (Å²) in [5, 5.41) is 9.99. The second-order valence-corrected chi connectivity index (χ2v) is 6.70. The highest BCUT2D eigenvalue weighted by atomic mass is 16.6. The van der Waals surface area contributed by atoms with E-state index in [1.165, 1.54) is 0 Å². The topological polar surface area (TPSA) is 46.5 Å². The molecule has 0 bridgehead atoms. The number of aliphatic hydroxyl groups excluding tert-OH is 1. The Morgan fingerprint density at radius 3 is 2.94 bits per heavy atom. The van der Waals surface area contributed by atoms with Crippen molar-refractivity contribution in [3.8, 4) is 0 Å². The van der Waals surface area contributed by atoms with Crippen LogP contribution in [0.5, 0.6) is 0 Å². The number of rotatable bonds is 0. The van der Waals surface area contributed by atoms with Gasteiger partial charge >= 0.3 is 5.97 Å². The number of hydrogen-bond acceptors (Lipinski definition) is 3. The Morgan fingerprint density at radius 1 is 1.50 bits per heavy atom. The molecule has 3 heteroatoms. The molecule has 2 aliphatic carbocycles. The SMILES string of the molecule is C=C1C(O)CCC2(C)CC3OC(=O)C(C)C3CC12. The van der Waals surface area contributed by atoms with Crippen LogP contribution in [0.15, 0.2) is 12.2 Å². The summed E-state index contributed by atoms with van der Waals surface area (Å²) in [5.41, 5.74) is 1.13. The first kappa shape index (κ1) is 12.2. The van der Waals surface area contributed by atoms with Crippen molar-refractivity contribution in [1.82, 2.24) is 0 Å². The number of ether oxygens (including phenoxy) is 1. The predicted octanol–water partition coefficient (Wildman–Crippen LogP) is 2.29. The average molecular weight is 250 g/mol. The maximum atomic E-state index is 11.7. The molecule has 2 saturated carbocycles. The van der Waals surface area contributed by atoms with Gasteiger partial charge in [0.15, 0.2) is 0 Å². The van der Waals surface area contributed by atoms with Crippen LogP contribution in [0.3, 0.4) is 0 Å². The van der Waals surface area contributed by atoms with E-state index in [0.29, 0.717) is 11.8 Å². The van der Waals surface area contributed by atoms with Crippen LogP contribution in [0.4, 0.5) is 0 Å². The van der Waals surface area contributed by atoms with E-state index in [-0.39, 0.29) is 29.5 Å². The summed E-state index contributed by atoms with van der Waals surface area (Å²) in [6, 6.07) is 0. The number of esters is 1. The van der Waals surface area contributed by atoms with Gasteiger partial charge in [-0.25, -0.2) is 0 Å². The summed E-state index contributed by atoms with van der Waals surface area (Å²) >= 11 is 0. The molecule has 1 heterocycles. The molecule has 3 aliphatic rings. The van der Waals surface area contributed by atoms with Crippen molar-refractivity contribution in [2.75, 3.05) is 0 Å². The number of aliphatic hydroxyl groups is 1. The minimum atomic E-state index is -0.354. The monoisotopic (exact) mass is 250 g/mol. The third-order valence-electron chi connectivity index (χ3n) is 5.64. The van der Waals surface area contributed by atoms with E-state index < -0.39 is 0 Å². The number of hydrogen-bond donors (Lipinski definition) is 1. The Balaban J connectivity index is 1.89. The fraction of sp³-hybridized carbons (Fsp3) is 0.800. The third kappa shape index (κ3) is 1.56. The summed E-state index contributed by atoms with van der Waals surface area (Å²) in [4.78, 5) is 11.7. The van der Waals surface area contributed by atoms with Gasteiger partial charge in [0, 0.05) is 5.92 Å². The normalized spacial score (nSPS) is 51.6. The van der Waals surface area contributed by atoms with Gasteiger partial charge in [0.05, 0.1) is 12.0 Å². The number of carbonyl (C=O) groups excluding carboxylic acids is 1. The van der Waals surface area contributed by atoms with E-state index in [2.05, 4.69) is 13.5 Å². The maximum Gasteiger partial charge on any atom is 0.309 e. The molecule has 18 heavy (non-hydrogen) atoms. The zero-order chi connectivity index (χ0) is 13.1. The standard InChI is InChI=1S/C15H22O3/c1-8-10-6-11-9(2)12(16)4-5-15(11,3)7-13(10)18-14(8)17/h8,10-13,16H,2,4-7H2,1,3H3. The summed E-state index contributed by atoms with van der Waals surface area (Å²) < 4.78 is 5.52. The fourth-order valence-electron chi connectivity index (χ4n) is 4.31. The van der Waals surface area contributed by atoms with Crippen LogP contribution in [0.1, 0.15) is 39.5 Å². The van der Waals surface area contributed by atoms with Gasteiger partial charge in [0.2, 0.25) is 0 Å². The summed E-state index contributed by atoms with van der Waals surface area (Å²) in [6.07, 6.45) is 3.43. The highest BCUT2D eigenvalue weighted by Gasteiger charge is 2.54. The Bertz CT molecular complexity index is 403. The van der Waals surface area contributed by atoms with Crippen LogP contribution in [0, 0.1) is 23.2 Å². The molecule has 1 aliphatic heterocycles. The Labute approximate surface area is 108 Å². The molecule has 100 valence electrons. The second kappa shape index (κ2) is 3.83. The Hall–Kier alpha value is -0.830. The van der Waals surface area contributed by atoms with Crippen LogP contribution in [-0.2, 0) is 9.53 Å². The zero-order valence-electron chi connectivity index (χ0n) is 11.2. The van der Waals surface area contributed by atoms with E-state index in [1.54, 1.807) is 0 Å². The highest BCUT2D eigenvalue weighted by molar-refractivity contribution is 5.75. The van der Waals surface area contributed by atoms with Crippen molar-refractivity contribution in [2.24, 2.45) is 23.2 Å². The molecule has 0 aromatic carbocycles. The average Bonchev–Trinajstić information content (AvgIpc) is 2.58. The molecule has 0 radical (unpaired) electrons. The quantitative estimate of drug-likeness (QED) is 0.530. The molecule has 0 aromatic heterocycles. The van der Waals surface area contributed by atoms with Crippen molar-refractivity contribution in [2.45, 2.75) is 51.7 Å². The van der Waals surface area contributed by atoms with Crippen LogP contribution in [0.25, 0.3) is 0 Å². The lowest BCUT2D eigenvalue weighted by Gasteiger charge is -2.51. The van der Waals surface area contributed by atoms with E-state index in [4.69, 9.17) is 4.74 Å². The first-order valence-corrected chi connectivity index (χ1v) is 6.99. The zero-order valence-corrected chi connectivity index (χ0v) is 11.2. The molecule has 6 unspecified atom stereocenters. The van der Waals surface area contributed by atoms with Crippen molar-refractivity contribution in [3.63, 3.8) is 0 Å². The molecule has 6 atom stereocenters. The number of carbonyl (C=O) groups is 1. The van der Waals surface area contributed by atoms with E-state index >= 15 is 0 Å². The number of fused-ring (bicyclic) bond motifs is 2. The highest BCUT2D eigenvalue weighted by Crippen LogP contribution is 2.56. The van der Waals surface area contributed by atoms with Gasteiger partial charge in [-0.05, 0) is 42.6 Å². The van der Waals surface area contributed by atoms with Gasteiger partial charge in [-0.1, -0.05) is 20.4 Å². The van der Waals surface area contributed by atoms with Gasteiger partial charge in [0.25, 0.3) is 0 Å². The van der Waals surface area contributed by atoms with Crippen LogP contribution >= 0.6 is 0 Å². The van der Waals surface area contributed by atoms with E-state index in [0.717, 1.165) is 31.3 Å². The smallest absolute Gasteiger partial charge is 0.309 e. The Morgan fingerprint density at radius 2 is 2.22 bits per heavy atom. The summed E-state index contributed by atoms with van der Waals surface area (Å²) in [7, 11) is 0. The molecule has 0 aromatic rings. The van der Waals surface area contributed by atoms with Crippen LogP contribution in [-0.4, -0.2) is 23.3 Å². The molecule has 1 N–H and O–H groups in total. The van der Waals surface area contributed by atoms with Crippen molar-refractivity contribution in [1.29, 1.82) is 0 Å². The predicted molar refractivity (Wildman–Crippen MR) is 67.7 cm³/mol. The molecule has 3 rings (SSSR count). The largest absolute Gasteiger partial charge is 0.462 e. The lowest BCUT2D eigenvalue weighted by molar-refractivity contribution is -0.146. The first-order valence-electron chi connectivity index (χ1n) is 6.99. The van der Waals surface area contributed by atoms with Gasteiger partial charge in [-0.15, -0.1) is 0 Å². The maximum absolute atomic E-state index is 11.7. The first-order chi connectivity index (χ1) is 8.42. The van der Waals surface area contributed by atoms with Crippen LogP contribution in [0.2, 0.25) is 0 Å². The van der Waals surface area contributed by atoms with Crippen molar-refractivity contribution in [3.05, 3.63) is 12.2 Å². The van der Waals surface area contributed by atoms with Gasteiger partial charge in [-0.2, -0.15) is 0 Å². The molecule has 1 saturated heterocycles. The minimum Gasteiger partial charge on any atom is -0.462 e. The van der Waals surface area contributed by atoms with Gasteiger partial charge < -0.3 is 9.84 Å². The van der Waals surface area contributed by atoms with Crippen molar-refractivity contribution >= 4 is 5.97 Å². The van der Waals surface area contributed by atoms with Crippen LogP contribution < -0.4 is 0 Å². The third-order valence-corrected chi connectivity index (χ3v) is 5.64. The summed E-state index contributed by atoms with van der Waals surface area (Å²) in [5.74, 6) is 0.627. The lowest BCUT2D eigenvalue weighted by Crippen LogP contribution is -2.47. The summed E-state index contributed by atoms with van der Waals surface area (Å²) in [6.45, 7) is 8.34. The van der Waals surface area contributed by atoms with Crippen molar-refractivity contribution < 1.29 is 14.6 Å². The fourth-order valence-corrected chi connectivity index (χ4v) is 4.31.